The Morgan fingerprint density at radius 2 is 1.71 bits per heavy atom. The Hall–Kier alpha value is -2.49. The molecule has 1 N–H and O–H groups in total. The van der Waals surface area contributed by atoms with Crippen LogP contribution in [0.25, 0.3) is 11.1 Å². The summed E-state index contributed by atoms with van der Waals surface area (Å²) >= 11 is 0. The van der Waals surface area contributed by atoms with Crippen LogP contribution in [0.15, 0.2) is 61.7 Å². The fourth-order valence-electron chi connectivity index (χ4n) is 2.04. The zero-order chi connectivity index (χ0) is 15.1. The van der Waals surface area contributed by atoms with Gasteiger partial charge in [0.1, 0.15) is 13.6 Å². The highest BCUT2D eigenvalue weighted by molar-refractivity contribution is 5.86. The van der Waals surface area contributed by atoms with Crippen LogP contribution in [0.2, 0.25) is 0 Å². The van der Waals surface area contributed by atoms with Gasteiger partial charge in [0.2, 0.25) is 5.91 Å². The van der Waals surface area contributed by atoms with E-state index in [1.165, 1.54) is 17.2 Å². The molecule has 2 heterocycles. The number of nitrogens with zero attached hydrogens (tertiary/aromatic N) is 2. The van der Waals surface area contributed by atoms with Crippen molar-refractivity contribution in [2.75, 3.05) is 6.54 Å². The van der Waals surface area contributed by atoms with Gasteiger partial charge in [0, 0.05) is 37.2 Å². The first-order valence-corrected chi connectivity index (χ1v) is 7.04. The molecule has 21 heavy (non-hydrogen) atoms. The van der Waals surface area contributed by atoms with Crippen molar-refractivity contribution < 1.29 is 13.9 Å². The van der Waals surface area contributed by atoms with E-state index in [4.69, 9.17) is 0 Å². The minimum absolute atomic E-state index is 0.118. The lowest BCUT2D eigenvalue weighted by Gasteiger charge is -2.02. The van der Waals surface area contributed by atoms with Gasteiger partial charge in [-0.25, -0.2) is 9.13 Å². The van der Waals surface area contributed by atoms with Crippen molar-refractivity contribution in [1.82, 2.24) is 5.32 Å². The summed E-state index contributed by atoms with van der Waals surface area (Å²) in [5.41, 5.74) is 2.41. The van der Waals surface area contributed by atoms with Crippen LogP contribution in [0.3, 0.4) is 0 Å². The molecule has 0 bridgehead atoms. The fraction of sp³-hybridized carbons (Fsp3) is 0.235. The molecule has 0 unspecified atom stereocenters. The molecular weight excluding hydrogens is 262 g/mol. The number of rotatable bonds is 6. The van der Waals surface area contributed by atoms with Gasteiger partial charge in [0.05, 0.1) is 0 Å². The van der Waals surface area contributed by atoms with Crippen LogP contribution in [0.4, 0.5) is 0 Å². The summed E-state index contributed by atoms with van der Waals surface area (Å²) in [6.45, 7) is 4.96. The van der Waals surface area contributed by atoms with E-state index in [-0.39, 0.29) is 5.91 Å². The predicted octanol–water partition coefficient (Wildman–Crippen LogP) is 1.16. The maximum atomic E-state index is 11.0. The summed E-state index contributed by atoms with van der Waals surface area (Å²) < 4.78 is 4.14. The Morgan fingerprint density at radius 1 is 1.14 bits per heavy atom. The normalized spacial score (nSPS) is 10.1. The van der Waals surface area contributed by atoms with Crippen molar-refractivity contribution in [2.45, 2.75) is 13.0 Å². The zero-order valence-corrected chi connectivity index (χ0v) is 12.3. The molecule has 0 saturated heterocycles. The van der Waals surface area contributed by atoms with Crippen LogP contribution in [-0.2, 0) is 18.4 Å². The summed E-state index contributed by atoms with van der Waals surface area (Å²) in [6.07, 6.45) is 10.4. The van der Waals surface area contributed by atoms with Crippen LogP contribution in [-0.4, -0.2) is 12.5 Å². The first-order chi connectivity index (χ1) is 10.2. The predicted molar refractivity (Wildman–Crippen MR) is 81.1 cm³/mol. The topological polar surface area (TPSA) is 36.9 Å². The number of aromatic nitrogens is 2. The number of aryl methyl sites for hydroxylation is 2. The van der Waals surface area contributed by atoms with Crippen LogP contribution >= 0.6 is 0 Å². The van der Waals surface area contributed by atoms with Gasteiger partial charge in [-0.1, -0.05) is 6.58 Å². The van der Waals surface area contributed by atoms with Gasteiger partial charge in [-0.15, -0.1) is 0 Å². The molecular formula is C17H21N3O+2. The first-order valence-electron chi connectivity index (χ1n) is 7.04. The lowest BCUT2D eigenvalue weighted by molar-refractivity contribution is -0.697. The van der Waals surface area contributed by atoms with Crippen LogP contribution in [0.5, 0.6) is 0 Å². The van der Waals surface area contributed by atoms with Crippen molar-refractivity contribution in [1.29, 1.82) is 0 Å². The molecule has 0 aliphatic carbocycles. The molecule has 4 nitrogen and oxygen atoms in total. The smallest absolute Gasteiger partial charge is 0.243 e. The standard InChI is InChI=1S/C17H20N3O/c1-3-17(21)18-9-4-10-20-13-7-16(8-14-20)15-5-11-19(2)12-6-15/h3,5-8,11-14H,1,4,9-10H2,2H3/q+1/p+1. The largest absolute Gasteiger partial charge is 0.352 e. The Labute approximate surface area is 125 Å². The molecule has 0 fully saturated rings. The third-order valence-corrected chi connectivity index (χ3v) is 3.28. The van der Waals surface area contributed by atoms with E-state index in [0.29, 0.717) is 6.54 Å². The fourth-order valence-corrected chi connectivity index (χ4v) is 2.04. The molecule has 0 atom stereocenters. The number of nitrogens with one attached hydrogen (secondary N) is 1. The van der Waals surface area contributed by atoms with Crippen LogP contribution in [0.1, 0.15) is 6.42 Å². The van der Waals surface area contributed by atoms with Crippen molar-refractivity contribution in [3.8, 4) is 11.1 Å². The van der Waals surface area contributed by atoms with Gasteiger partial charge in [0.15, 0.2) is 24.8 Å². The Bertz CT molecular complexity index is 603. The SMILES string of the molecule is C=CC(=O)NCCC[n+]1ccc(-c2cc[n+](C)cc2)cc1. The van der Waals surface area contributed by atoms with Crippen molar-refractivity contribution in [2.24, 2.45) is 7.05 Å². The Kier molecular flexibility index (Phi) is 5.21. The third-order valence-electron chi connectivity index (χ3n) is 3.28. The second-order valence-corrected chi connectivity index (χ2v) is 4.93. The van der Waals surface area contributed by atoms with E-state index < -0.39 is 0 Å². The molecule has 0 saturated carbocycles. The molecule has 0 radical (unpaired) electrons. The number of carbonyl (C=O) groups excluding carboxylic acids is 1. The summed E-state index contributed by atoms with van der Waals surface area (Å²) in [7, 11) is 2.01. The summed E-state index contributed by atoms with van der Waals surface area (Å²) in [5.74, 6) is -0.118. The quantitative estimate of drug-likeness (QED) is 0.482. The molecule has 4 heteroatoms. The first kappa shape index (κ1) is 14.9. The van der Waals surface area contributed by atoms with E-state index in [1.54, 1.807) is 0 Å². The van der Waals surface area contributed by atoms with Crippen LogP contribution in [0, 0.1) is 0 Å². The average Bonchev–Trinajstić information content (AvgIpc) is 2.52. The second-order valence-electron chi connectivity index (χ2n) is 4.93. The van der Waals surface area contributed by atoms with Gasteiger partial charge in [-0.2, -0.15) is 0 Å². The van der Waals surface area contributed by atoms with Crippen molar-refractivity contribution in [3.05, 3.63) is 61.7 Å². The molecule has 0 aliphatic rings. The van der Waals surface area contributed by atoms with Crippen molar-refractivity contribution in [3.63, 3.8) is 0 Å². The van der Waals surface area contributed by atoms with Gasteiger partial charge in [-0.05, 0) is 17.2 Å². The number of carbonyl (C=O) groups is 1. The van der Waals surface area contributed by atoms with Gasteiger partial charge in [0.25, 0.3) is 0 Å². The molecule has 0 spiro atoms. The molecule has 2 rings (SSSR count). The molecule has 0 aromatic carbocycles. The minimum atomic E-state index is -0.118. The maximum Gasteiger partial charge on any atom is 0.243 e. The molecule has 2 aromatic rings. The van der Waals surface area contributed by atoms with Crippen LogP contribution < -0.4 is 14.5 Å². The summed E-state index contributed by atoms with van der Waals surface area (Å²) in [5, 5.41) is 2.77. The molecule has 108 valence electrons. The monoisotopic (exact) mass is 283 g/mol. The zero-order valence-electron chi connectivity index (χ0n) is 12.3. The lowest BCUT2D eigenvalue weighted by Crippen LogP contribution is -2.35. The number of pyridine rings is 2. The molecule has 2 aromatic heterocycles. The van der Waals surface area contributed by atoms with E-state index in [9.17, 15) is 4.79 Å². The van der Waals surface area contributed by atoms with Gasteiger partial charge < -0.3 is 5.32 Å². The highest BCUT2D eigenvalue weighted by Crippen LogP contribution is 2.15. The van der Waals surface area contributed by atoms with E-state index in [1.807, 2.05) is 24.0 Å². The number of hydrogen-bond donors (Lipinski definition) is 1. The summed E-state index contributed by atoms with van der Waals surface area (Å²) in [6, 6.07) is 8.42. The maximum absolute atomic E-state index is 11.0. The highest BCUT2D eigenvalue weighted by atomic mass is 16.1. The average molecular weight is 283 g/mol. The van der Waals surface area contributed by atoms with E-state index >= 15 is 0 Å². The Morgan fingerprint density at radius 3 is 2.29 bits per heavy atom. The number of hydrogen-bond acceptors (Lipinski definition) is 1. The van der Waals surface area contributed by atoms with E-state index in [0.717, 1.165) is 13.0 Å². The summed E-state index contributed by atoms with van der Waals surface area (Å²) in [4.78, 5) is 11.0. The Balaban J connectivity index is 1.88. The van der Waals surface area contributed by atoms with Gasteiger partial charge in [-0.3, -0.25) is 4.79 Å². The second kappa shape index (κ2) is 7.33. The lowest BCUT2D eigenvalue weighted by atomic mass is 10.1. The van der Waals surface area contributed by atoms with Gasteiger partial charge >= 0.3 is 0 Å². The molecule has 0 aliphatic heterocycles. The van der Waals surface area contributed by atoms with E-state index in [2.05, 4.69) is 53.1 Å². The third kappa shape index (κ3) is 4.53. The minimum Gasteiger partial charge on any atom is -0.352 e. The molecule has 1 amide bonds. The van der Waals surface area contributed by atoms with Crippen molar-refractivity contribution >= 4 is 5.91 Å². The number of amides is 1. The highest BCUT2D eigenvalue weighted by Gasteiger charge is 2.04.